The molecule has 0 radical (unpaired) electrons. The zero-order chi connectivity index (χ0) is 19.0. The molecule has 1 unspecified atom stereocenters. The maximum atomic E-state index is 13.2. The van der Waals surface area contributed by atoms with Gasteiger partial charge in [0.2, 0.25) is 12.1 Å². The highest BCUT2D eigenvalue weighted by Crippen LogP contribution is 2.34. The Hall–Kier alpha value is -2.08. The van der Waals surface area contributed by atoms with E-state index in [1.165, 1.54) is 0 Å². The molecule has 1 N–H and O–H groups in total. The minimum Gasteiger partial charge on any atom is -0.449 e. The van der Waals surface area contributed by atoms with Gasteiger partial charge < -0.3 is 9.30 Å². The molecule has 6 heteroatoms. The summed E-state index contributed by atoms with van der Waals surface area (Å²) in [7, 11) is 0. The first-order valence-corrected chi connectivity index (χ1v) is 9.64. The Kier molecular flexibility index (Phi) is 5.23. The van der Waals surface area contributed by atoms with Gasteiger partial charge in [-0.25, -0.2) is 0 Å². The molecule has 2 heterocycles. The van der Waals surface area contributed by atoms with E-state index in [1.54, 1.807) is 0 Å². The van der Waals surface area contributed by atoms with Crippen LogP contribution < -0.4 is 5.43 Å². The number of carbonyl (C=O) groups excluding carboxylic acids is 1. The summed E-state index contributed by atoms with van der Waals surface area (Å²) in [5.41, 5.74) is 7.32. The molecule has 1 atom stereocenters. The zero-order valence-corrected chi connectivity index (χ0v) is 17.3. The second kappa shape index (κ2) is 7.27. The highest BCUT2D eigenvalue weighted by atomic mass is 79.9. The van der Waals surface area contributed by atoms with Gasteiger partial charge in [0, 0.05) is 33.8 Å². The molecule has 2 aromatic rings. The fourth-order valence-corrected chi connectivity index (χ4v) is 3.98. The Morgan fingerprint density at radius 1 is 1.38 bits per heavy atom. The van der Waals surface area contributed by atoms with E-state index in [0.717, 1.165) is 33.4 Å². The third-order valence-electron chi connectivity index (χ3n) is 4.68. The summed E-state index contributed by atoms with van der Waals surface area (Å²) >= 11 is 3.45. The van der Waals surface area contributed by atoms with Crippen LogP contribution in [0.5, 0.6) is 0 Å². The van der Waals surface area contributed by atoms with Gasteiger partial charge in [0.1, 0.15) is 0 Å². The number of rotatable bonds is 5. The fourth-order valence-electron chi connectivity index (χ4n) is 3.58. The van der Waals surface area contributed by atoms with Crippen molar-refractivity contribution >= 4 is 27.6 Å². The first-order valence-electron chi connectivity index (χ1n) is 8.85. The quantitative estimate of drug-likeness (QED) is 0.694. The monoisotopic (exact) mass is 417 g/mol. The van der Waals surface area contributed by atoms with Gasteiger partial charge in [-0.1, -0.05) is 35.0 Å². The summed E-state index contributed by atoms with van der Waals surface area (Å²) in [4.78, 5) is 13.2. The van der Waals surface area contributed by atoms with Crippen LogP contribution in [-0.2, 0) is 4.74 Å². The lowest BCUT2D eigenvalue weighted by Crippen LogP contribution is -2.19. The van der Waals surface area contributed by atoms with E-state index in [4.69, 9.17) is 4.74 Å². The van der Waals surface area contributed by atoms with Crippen LogP contribution in [0, 0.1) is 13.8 Å². The minimum absolute atomic E-state index is 0.0246. The van der Waals surface area contributed by atoms with Crippen molar-refractivity contribution in [3.63, 3.8) is 0 Å². The van der Waals surface area contributed by atoms with Crippen molar-refractivity contribution in [1.29, 1.82) is 0 Å². The average Bonchev–Trinajstić information content (AvgIpc) is 3.16. The number of hydrogen-bond acceptors (Lipinski definition) is 4. The molecule has 3 rings (SSSR count). The Morgan fingerprint density at radius 3 is 2.69 bits per heavy atom. The normalized spacial score (nSPS) is 16.4. The van der Waals surface area contributed by atoms with Crippen molar-refractivity contribution in [3.8, 4) is 0 Å². The van der Waals surface area contributed by atoms with Gasteiger partial charge in [0.05, 0.1) is 5.69 Å². The summed E-state index contributed by atoms with van der Waals surface area (Å²) in [6.45, 7) is 10.2. The summed E-state index contributed by atoms with van der Waals surface area (Å²) in [5.74, 6) is 0.708. The molecule has 0 saturated carbocycles. The summed E-state index contributed by atoms with van der Waals surface area (Å²) in [6.07, 6.45) is 0.364. The Balaban J connectivity index is 2.10. The molecule has 0 aliphatic carbocycles. The minimum atomic E-state index is -0.366. The lowest BCUT2D eigenvalue weighted by atomic mass is 9.99. The third kappa shape index (κ3) is 3.18. The van der Waals surface area contributed by atoms with Crippen LogP contribution in [-0.4, -0.2) is 16.2 Å². The largest absolute Gasteiger partial charge is 0.449 e. The second-order valence-electron chi connectivity index (χ2n) is 6.76. The SMILES string of the molecule is CCC1=NNC(c2c(C)c(C(=O)c3cccc(Br)c3)c(C)n2C(C)C)O1. The molecular weight excluding hydrogens is 394 g/mol. The number of hydrogen-bond donors (Lipinski definition) is 1. The summed E-state index contributed by atoms with van der Waals surface area (Å²) in [5, 5.41) is 4.25. The molecule has 0 bridgehead atoms. The van der Waals surface area contributed by atoms with E-state index in [0.29, 0.717) is 11.5 Å². The third-order valence-corrected chi connectivity index (χ3v) is 5.18. The number of benzene rings is 1. The smallest absolute Gasteiger partial charge is 0.227 e. The van der Waals surface area contributed by atoms with Crippen molar-refractivity contribution < 1.29 is 9.53 Å². The summed E-state index contributed by atoms with van der Waals surface area (Å²) in [6, 6.07) is 7.70. The Bertz CT molecular complexity index is 883. The molecule has 1 aliphatic rings. The van der Waals surface area contributed by atoms with E-state index >= 15 is 0 Å². The first-order chi connectivity index (χ1) is 12.3. The van der Waals surface area contributed by atoms with Crippen LogP contribution in [0.1, 0.15) is 72.3 Å². The molecule has 0 amide bonds. The maximum absolute atomic E-state index is 13.2. The molecule has 0 fully saturated rings. The number of nitrogens with one attached hydrogen (secondary N) is 1. The van der Waals surface area contributed by atoms with Crippen molar-refractivity contribution in [2.75, 3.05) is 0 Å². The van der Waals surface area contributed by atoms with Gasteiger partial charge in [0.15, 0.2) is 5.78 Å². The van der Waals surface area contributed by atoms with Crippen molar-refractivity contribution in [2.24, 2.45) is 5.10 Å². The van der Waals surface area contributed by atoms with E-state index < -0.39 is 0 Å². The van der Waals surface area contributed by atoms with E-state index in [9.17, 15) is 4.79 Å². The topological polar surface area (TPSA) is 55.6 Å². The van der Waals surface area contributed by atoms with Crippen LogP contribution in [0.15, 0.2) is 33.8 Å². The number of aromatic nitrogens is 1. The molecule has 0 spiro atoms. The number of halogens is 1. The van der Waals surface area contributed by atoms with Gasteiger partial charge in [-0.2, -0.15) is 0 Å². The van der Waals surface area contributed by atoms with Gasteiger partial charge in [-0.3, -0.25) is 10.2 Å². The molecule has 1 aliphatic heterocycles. The van der Waals surface area contributed by atoms with E-state index in [1.807, 2.05) is 45.0 Å². The fraction of sp³-hybridized carbons (Fsp3) is 0.400. The Morgan fingerprint density at radius 2 is 2.12 bits per heavy atom. The number of carbonyl (C=O) groups is 1. The number of nitrogens with zero attached hydrogens (tertiary/aromatic N) is 2. The molecule has 138 valence electrons. The van der Waals surface area contributed by atoms with Gasteiger partial charge in [-0.15, -0.1) is 5.10 Å². The van der Waals surface area contributed by atoms with Gasteiger partial charge in [-0.05, 0) is 45.4 Å². The lowest BCUT2D eigenvalue weighted by molar-refractivity contribution is 0.103. The lowest BCUT2D eigenvalue weighted by Gasteiger charge is -2.20. The molecule has 1 aromatic carbocycles. The maximum Gasteiger partial charge on any atom is 0.227 e. The highest BCUT2D eigenvalue weighted by molar-refractivity contribution is 9.10. The van der Waals surface area contributed by atoms with Crippen LogP contribution >= 0.6 is 15.9 Å². The van der Waals surface area contributed by atoms with Crippen LogP contribution in [0.2, 0.25) is 0 Å². The van der Waals surface area contributed by atoms with Crippen molar-refractivity contribution in [2.45, 2.75) is 53.3 Å². The highest BCUT2D eigenvalue weighted by Gasteiger charge is 2.32. The second-order valence-corrected chi connectivity index (χ2v) is 7.68. The molecule has 26 heavy (non-hydrogen) atoms. The van der Waals surface area contributed by atoms with Crippen LogP contribution in [0.3, 0.4) is 0 Å². The molecule has 5 nitrogen and oxygen atoms in total. The van der Waals surface area contributed by atoms with E-state index in [-0.39, 0.29) is 18.1 Å². The van der Waals surface area contributed by atoms with Crippen molar-refractivity contribution in [3.05, 3.63) is 56.8 Å². The number of hydrazone groups is 1. The van der Waals surface area contributed by atoms with Gasteiger partial charge in [0.25, 0.3) is 0 Å². The first kappa shape index (κ1) is 18.7. The predicted octanol–water partition coefficient (Wildman–Crippen LogP) is 5.02. The van der Waals surface area contributed by atoms with Gasteiger partial charge >= 0.3 is 0 Å². The molecule has 1 aromatic heterocycles. The molecule has 0 saturated heterocycles. The average molecular weight is 418 g/mol. The predicted molar refractivity (Wildman–Crippen MR) is 107 cm³/mol. The van der Waals surface area contributed by atoms with Crippen LogP contribution in [0.25, 0.3) is 0 Å². The van der Waals surface area contributed by atoms with Crippen molar-refractivity contribution in [1.82, 2.24) is 9.99 Å². The van der Waals surface area contributed by atoms with Crippen LogP contribution in [0.4, 0.5) is 0 Å². The number of ether oxygens (including phenoxy) is 1. The number of ketones is 1. The van der Waals surface area contributed by atoms with E-state index in [2.05, 4.69) is 44.9 Å². The molecular formula is C20H24BrN3O2. The summed E-state index contributed by atoms with van der Waals surface area (Å²) < 4.78 is 9.01. The zero-order valence-electron chi connectivity index (χ0n) is 15.8. The standard InChI is InChI=1S/C20H24BrN3O2/c1-6-16-22-23-20(26-16)18-12(4)17(13(5)24(18)11(2)3)19(25)14-8-7-9-15(21)10-14/h7-11,20,23H,6H2,1-5H3. The Labute approximate surface area is 162 Å².